The Morgan fingerprint density at radius 3 is 2.67 bits per heavy atom. The molecule has 0 saturated carbocycles. The van der Waals surface area contributed by atoms with Crippen molar-refractivity contribution < 1.29 is 9.53 Å². The lowest BCUT2D eigenvalue weighted by Crippen LogP contribution is -2.04. The first-order valence-corrected chi connectivity index (χ1v) is 8.77. The first kappa shape index (κ1) is 16.4. The van der Waals surface area contributed by atoms with Crippen LogP contribution in [0.2, 0.25) is 0 Å². The summed E-state index contributed by atoms with van der Waals surface area (Å²) < 4.78 is 5.06. The highest BCUT2D eigenvalue weighted by atomic mass is 32.1. The van der Waals surface area contributed by atoms with Gasteiger partial charge in [-0.05, 0) is 50.1 Å². The highest BCUT2D eigenvalue weighted by Crippen LogP contribution is 2.30. The molecule has 0 atom stereocenters. The molecule has 3 aromatic rings. The van der Waals surface area contributed by atoms with Crippen LogP contribution in [0, 0.1) is 13.8 Å². The number of hydrogen-bond donors (Lipinski definition) is 0. The zero-order chi connectivity index (χ0) is 17.1. The van der Waals surface area contributed by atoms with Gasteiger partial charge in [-0.15, -0.1) is 11.3 Å². The minimum Gasteiger partial charge on any atom is -0.462 e. The van der Waals surface area contributed by atoms with E-state index in [9.17, 15) is 4.79 Å². The van der Waals surface area contributed by atoms with E-state index in [1.165, 1.54) is 11.1 Å². The SMILES string of the molecule is CCOC(=O)c1cccc(-c2nc(-c3ccc(C)c(C)c3)cs2)c1. The zero-order valence-corrected chi connectivity index (χ0v) is 14.8. The van der Waals surface area contributed by atoms with E-state index in [1.54, 1.807) is 24.3 Å². The van der Waals surface area contributed by atoms with Gasteiger partial charge in [-0.3, -0.25) is 0 Å². The number of aromatic nitrogens is 1. The van der Waals surface area contributed by atoms with E-state index < -0.39 is 0 Å². The molecule has 0 spiro atoms. The van der Waals surface area contributed by atoms with Crippen LogP contribution in [0.4, 0.5) is 0 Å². The van der Waals surface area contributed by atoms with Gasteiger partial charge in [0, 0.05) is 16.5 Å². The average Bonchev–Trinajstić information content (AvgIpc) is 3.08. The summed E-state index contributed by atoms with van der Waals surface area (Å²) in [7, 11) is 0. The summed E-state index contributed by atoms with van der Waals surface area (Å²) in [5, 5.41) is 2.95. The summed E-state index contributed by atoms with van der Waals surface area (Å²) >= 11 is 1.58. The molecule has 0 bridgehead atoms. The highest BCUT2D eigenvalue weighted by molar-refractivity contribution is 7.13. The number of thiazole rings is 1. The van der Waals surface area contributed by atoms with Gasteiger partial charge in [-0.25, -0.2) is 9.78 Å². The lowest BCUT2D eigenvalue weighted by atomic mass is 10.1. The van der Waals surface area contributed by atoms with Crippen LogP contribution in [0.25, 0.3) is 21.8 Å². The van der Waals surface area contributed by atoms with Crippen LogP contribution in [0.15, 0.2) is 47.8 Å². The van der Waals surface area contributed by atoms with Gasteiger partial charge in [0.05, 0.1) is 17.9 Å². The Bertz CT molecular complexity index is 883. The zero-order valence-electron chi connectivity index (χ0n) is 14.0. The third kappa shape index (κ3) is 3.39. The molecule has 1 heterocycles. The molecule has 0 unspecified atom stereocenters. The van der Waals surface area contributed by atoms with E-state index in [0.717, 1.165) is 21.8 Å². The van der Waals surface area contributed by atoms with Crippen LogP contribution in [-0.2, 0) is 4.74 Å². The number of rotatable bonds is 4. The predicted octanol–water partition coefficient (Wildman–Crippen LogP) is 5.27. The van der Waals surface area contributed by atoms with Crippen LogP contribution >= 0.6 is 11.3 Å². The summed E-state index contributed by atoms with van der Waals surface area (Å²) in [4.78, 5) is 16.6. The van der Waals surface area contributed by atoms with Crippen LogP contribution < -0.4 is 0 Å². The standard InChI is InChI=1S/C20H19NO2S/c1-4-23-20(22)17-7-5-6-16(11-17)19-21-18(12-24-19)15-9-8-13(2)14(3)10-15/h5-12H,4H2,1-3H3. The minimum atomic E-state index is -0.301. The van der Waals surface area contributed by atoms with Crippen molar-refractivity contribution in [1.82, 2.24) is 4.98 Å². The molecule has 0 aliphatic carbocycles. The van der Waals surface area contributed by atoms with Crippen molar-refractivity contribution in [3.63, 3.8) is 0 Å². The highest BCUT2D eigenvalue weighted by Gasteiger charge is 2.11. The van der Waals surface area contributed by atoms with Crippen molar-refractivity contribution >= 4 is 17.3 Å². The van der Waals surface area contributed by atoms with E-state index >= 15 is 0 Å². The molecule has 24 heavy (non-hydrogen) atoms. The fourth-order valence-corrected chi connectivity index (χ4v) is 3.26. The maximum absolute atomic E-state index is 11.9. The van der Waals surface area contributed by atoms with Gasteiger partial charge < -0.3 is 4.74 Å². The Morgan fingerprint density at radius 2 is 1.92 bits per heavy atom. The molecule has 0 N–H and O–H groups in total. The van der Waals surface area contributed by atoms with E-state index in [-0.39, 0.29) is 5.97 Å². The molecule has 122 valence electrons. The lowest BCUT2D eigenvalue weighted by Gasteiger charge is -2.04. The Kier molecular flexibility index (Phi) is 4.76. The van der Waals surface area contributed by atoms with Crippen molar-refractivity contribution in [3.8, 4) is 21.8 Å². The molecule has 0 fully saturated rings. The third-order valence-electron chi connectivity index (χ3n) is 3.93. The number of hydrogen-bond acceptors (Lipinski definition) is 4. The van der Waals surface area contributed by atoms with Crippen molar-refractivity contribution in [1.29, 1.82) is 0 Å². The van der Waals surface area contributed by atoms with E-state index in [1.807, 2.05) is 18.2 Å². The van der Waals surface area contributed by atoms with Crippen molar-refractivity contribution in [2.75, 3.05) is 6.61 Å². The van der Waals surface area contributed by atoms with Crippen LogP contribution in [-0.4, -0.2) is 17.6 Å². The molecule has 2 aromatic carbocycles. The summed E-state index contributed by atoms with van der Waals surface area (Å²) in [5.74, 6) is -0.301. The molecule has 4 heteroatoms. The number of carbonyl (C=O) groups is 1. The van der Waals surface area contributed by atoms with Gasteiger partial charge in [-0.2, -0.15) is 0 Å². The molecular weight excluding hydrogens is 318 g/mol. The van der Waals surface area contributed by atoms with Gasteiger partial charge in [0.1, 0.15) is 5.01 Å². The molecule has 3 nitrogen and oxygen atoms in total. The van der Waals surface area contributed by atoms with Gasteiger partial charge in [0.25, 0.3) is 0 Å². The van der Waals surface area contributed by atoms with Gasteiger partial charge in [0.2, 0.25) is 0 Å². The summed E-state index contributed by atoms with van der Waals surface area (Å²) in [6, 6.07) is 13.8. The van der Waals surface area contributed by atoms with E-state index in [2.05, 4.69) is 37.4 Å². The Labute approximate surface area is 146 Å². The molecule has 1 aromatic heterocycles. The third-order valence-corrected chi connectivity index (χ3v) is 4.82. The topological polar surface area (TPSA) is 39.2 Å². The van der Waals surface area contributed by atoms with Gasteiger partial charge >= 0.3 is 5.97 Å². The Balaban J connectivity index is 1.92. The number of esters is 1. The quantitative estimate of drug-likeness (QED) is 0.609. The maximum atomic E-state index is 11.9. The van der Waals surface area contributed by atoms with E-state index in [0.29, 0.717) is 12.2 Å². The normalized spacial score (nSPS) is 10.6. The summed E-state index contributed by atoms with van der Waals surface area (Å²) in [6.45, 7) is 6.39. The predicted molar refractivity (Wildman–Crippen MR) is 98.4 cm³/mol. The fourth-order valence-electron chi connectivity index (χ4n) is 2.43. The molecule has 0 amide bonds. The van der Waals surface area contributed by atoms with Crippen LogP contribution in [0.1, 0.15) is 28.4 Å². The fraction of sp³-hybridized carbons (Fsp3) is 0.200. The second-order valence-electron chi connectivity index (χ2n) is 5.64. The molecule has 3 rings (SSSR count). The van der Waals surface area contributed by atoms with Gasteiger partial charge in [-0.1, -0.05) is 24.3 Å². The Hall–Kier alpha value is -2.46. The minimum absolute atomic E-state index is 0.301. The second-order valence-corrected chi connectivity index (χ2v) is 6.50. The maximum Gasteiger partial charge on any atom is 0.338 e. The van der Waals surface area contributed by atoms with Crippen molar-refractivity contribution in [2.45, 2.75) is 20.8 Å². The largest absolute Gasteiger partial charge is 0.462 e. The number of carbonyl (C=O) groups excluding carboxylic acids is 1. The van der Waals surface area contributed by atoms with E-state index in [4.69, 9.17) is 9.72 Å². The number of benzene rings is 2. The molecule has 0 aliphatic rings. The van der Waals surface area contributed by atoms with Gasteiger partial charge in [0.15, 0.2) is 0 Å². The molecule has 0 saturated heterocycles. The Morgan fingerprint density at radius 1 is 1.08 bits per heavy atom. The van der Waals surface area contributed by atoms with Crippen LogP contribution in [0.3, 0.4) is 0 Å². The van der Waals surface area contributed by atoms with Crippen LogP contribution in [0.5, 0.6) is 0 Å². The van der Waals surface area contributed by atoms with Crippen molar-refractivity contribution in [2.24, 2.45) is 0 Å². The number of nitrogens with zero attached hydrogens (tertiary/aromatic N) is 1. The monoisotopic (exact) mass is 337 g/mol. The summed E-state index contributed by atoms with van der Waals surface area (Å²) in [5.41, 5.74) is 6.09. The number of ether oxygens (including phenoxy) is 1. The smallest absolute Gasteiger partial charge is 0.338 e. The average molecular weight is 337 g/mol. The first-order valence-electron chi connectivity index (χ1n) is 7.89. The number of aryl methyl sites for hydroxylation is 2. The first-order chi connectivity index (χ1) is 11.6. The molecule has 0 radical (unpaired) electrons. The molecular formula is C20H19NO2S. The lowest BCUT2D eigenvalue weighted by molar-refractivity contribution is 0.0526. The summed E-state index contributed by atoms with van der Waals surface area (Å²) in [6.07, 6.45) is 0. The molecule has 0 aliphatic heterocycles. The van der Waals surface area contributed by atoms with Crippen molar-refractivity contribution in [3.05, 3.63) is 64.5 Å². The second kappa shape index (κ2) is 6.97.